The second-order valence-corrected chi connectivity index (χ2v) is 12.0. The van der Waals surface area contributed by atoms with Gasteiger partial charge in [0.05, 0.1) is 5.69 Å². The summed E-state index contributed by atoms with van der Waals surface area (Å²) >= 11 is 0. The highest BCUT2D eigenvalue weighted by atomic mass is 16.4. The number of nitrogens with zero attached hydrogens (tertiary/aromatic N) is 3. The van der Waals surface area contributed by atoms with Gasteiger partial charge >= 0.3 is 23.9 Å². The molecule has 50 heavy (non-hydrogen) atoms. The van der Waals surface area contributed by atoms with Gasteiger partial charge in [-0.15, -0.1) is 5.10 Å². The van der Waals surface area contributed by atoms with Crippen LogP contribution < -0.4 is 21.3 Å². The Kier molecular flexibility index (Phi) is 15.6. The number of aromatic nitrogens is 3. The van der Waals surface area contributed by atoms with Crippen molar-refractivity contribution in [2.45, 2.75) is 95.8 Å². The number of carboxylic acids is 3. The number of aliphatic carboxylic acids is 3. The number of unbranched alkanes of at least 4 members (excludes halogenated alkanes) is 1. The van der Waals surface area contributed by atoms with Gasteiger partial charge in [0, 0.05) is 38.5 Å². The third-order valence-corrected chi connectivity index (χ3v) is 7.85. The van der Waals surface area contributed by atoms with Gasteiger partial charge in [-0.1, -0.05) is 54.6 Å². The Morgan fingerprint density at radius 3 is 2.18 bits per heavy atom. The van der Waals surface area contributed by atoms with Crippen LogP contribution in [0, 0.1) is 0 Å². The van der Waals surface area contributed by atoms with Crippen molar-refractivity contribution in [2.75, 3.05) is 6.54 Å². The summed E-state index contributed by atoms with van der Waals surface area (Å²) in [6.45, 7) is 2.98. The number of carbonyl (C=O) groups excluding carboxylic acids is 3. The number of nitrogens with one attached hydrogen (secondary N) is 4. The van der Waals surface area contributed by atoms with Gasteiger partial charge in [-0.05, 0) is 61.3 Å². The molecule has 0 spiro atoms. The number of carbonyl (C=O) groups is 6. The van der Waals surface area contributed by atoms with Crippen molar-refractivity contribution in [2.24, 2.45) is 0 Å². The van der Waals surface area contributed by atoms with E-state index in [9.17, 15) is 39.0 Å². The first-order chi connectivity index (χ1) is 23.9. The monoisotopic (exact) mass is 695 g/mol. The van der Waals surface area contributed by atoms with Gasteiger partial charge in [-0.3, -0.25) is 19.1 Å². The smallest absolute Gasteiger partial charge is 0.326 e. The van der Waals surface area contributed by atoms with E-state index < -0.39 is 54.4 Å². The molecule has 16 nitrogen and oxygen atoms in total. The lowest BCUT2D eigenvalue weighted by molar-refractivity contribution is -0.141. The van der Waals surface area contributed by atoms with Crippen LogP contribution in [0.15, 0.2) is 48.7 Å². The van der Waals surface area contributed by atoms with Crippen LogP contribution in [0.1, 0.15) is 69.5 Å². The van der Waals surface area contributed by atoms with Crippen LogP contribution in [0.25, 0.3) is 10.8 Å². The maximum atomic E-state index is 13.3. The van der Waals surface area contributed by atoms with Crippen LogP contribution in [0.2, 0.25) is 0 Å². The minimum absolute atomic E-state index is 0.0189. The molecule has 0 radical (unpaired) electrons. The average Bonchev–Trinajstić information content (AvgIpc) is 3.52. The molecule has 3 rings (SSSR count). The number of hydrogen-bond donors (Lipinski definition) is 7. The van der Waals surface area contributed by atoms with Crippen molar-refractivity contribution in [1.29, 1.82) is 0 Å². The van der Waals surface area contributed by atoms with E-state index >= 15 is 0 Å². The molecule has 7 N–H and O–H groups in total. The number of urea groups is 1. The summed E-state index contributed by atoms with van der Waals surface area (Å²) in [6.07, 6.45) is 4.06. The van der Waals surface area contributed by atoms with Gasteiger partial charge in [0.1, 0.15) is 18.1 Å². The number of rotatable bonds is 22. The summed E-state index contributed by atoms with van der Waals surface area (Å²) in [5.41, 5.74) is 1.65. The Morgan fingerprint density at radius 2 is 1.50 bits per heavy atom. The Bertz CT molecular complexity index is 1630. The number of amides is 4. The Morgan fingerprint density at radius 1 is 0.800 bits per heavy atom. The number of benzene rings is 2. The quantitative estimate of drug-likeness (QED) is 0.0752. The van der Waals surface area contributed by atoms with Crippen LogP contribution in [-0.4, -0.2) is 90.7 Å². The molecule has 4 amide bonds. The second kappa shape index (κ2) is 20.1. The number of carboxylic acid groups (broad SMARTS) is 3. The molecule has 0 fully saturated rings. The number of fused-ring (bicyclic) bond motifs is 1. The predicted molar refractivity (Wildman–Crippen MR) is 181 cm³/mol. The van der Waals surface area contributed by atoms with Gasteiger partial charge in [-0.2, -0.15) is 0 Å². The fourth-order valence-electron chi connectivity index (χ4n) is 5.25. The van der Waals surface area contributed by atoms with E-state index in [1.165, 1.54) is 0 Å². The average molecular weight is 696 g/mol. The van der Waals surface area contributed by atoms with E-state index in [-0.39, 0.29) is 44.6 Å². The molecule has 16 heteroatoms. The largest absolute Gasteiger partial charge is 0.481 e. The third kappa shape index (κ3) is 13.5. The molecule has 3 atom stereocenters. The van der Waals surface area contributed by atoms with Crippen molar-refractivity contribution < 1.29 is 44.1 Å². The van der Waals surface area contributed by atoms with E-state index in [4.69, 9.17) is 5.11 Å². The molecule has 0 bridgehead atoms. The number of aryl methyl sites for hydroxylation is 2. The lowest BCUT2D eigenvalue weighted by Crippen LogP contribution is -2.51. The fourth-order valence-corrected chi connectivity index (χ4v) is 5.25. The SMILES string of the molecule is CCCn1cc(CCCC(=O)NC(Cc2ccc3ccccc3c2)C(=O)NCCCCC(NC(=O)NC(CCC(=O)O)C(=O)O)C(=O)O)nn1. The van der Waals surface area contributed by atoms with Crippen LogP contribution in [-0.2, 0) is 43.4 Å². The number of hydrogen-bond acceptors (Lipinski definition) is 8. The van der Waals surface area contributed by atoms with Crippen molar-refractivity contribution in [3.8, 4) is 0 Å². The van der Waals surface area contributed by atoms with E-state index in [0.29, 0.717) is 19.3 Å². The van der Waals surface area contributed by atoms with Gasteiger partial charge in [0.2, 0.25) is 11.8 Å². The van der Waals surface area contributed by atoms with Crippen molar-refractivity contribution >= 4 is 46.5 Å². The van der Waals surface area contributed by atoms with Crippen molar-refractivity contribution in [3.63, 3.8) is 0 Å². The standard InChI is InChI=1S/C34H45N7O9/c1-2-18-41-21-25(39-40-41)10-7-12-29(42)36-28(20-22-13-14-23-8-3-4-9-24(23)19-22)31(45)35-17-6-5-11-26(32(46)47)37-34(50)38-27(33(48)49)15-16-30(43)44/h3-4,8-9,13-14,19,21,26-28H,2,5-7,10-12,15-18,20H2,1H3,(H,35,45)(H,36,42)(H,43,44)(H,46,47)(H,48,49)(H2,37,38,50). The molecule has 0 aliphatic carbocycles. The summed E-state index contributed by atoms with van der Waals surface area (Å²) in [5.74, 6) is -4.72. The normalized spacial score (nSPS) is 12.7. The molecule has 0 saturated heterocycles. The van der Waals surface area contributed by atoms with Crippen molar-refractivity contribution in [1.82, 2.24) is 36.3 Å². The summed E-state index contributed by atoms with van der Waals surface area (Å²) in [6, 6.07) is 8.87. The fraction of sp³-hybridized carbons (Fsp3) is 0.471. The molecule has 3 aromatic rings. The Balaban J connectivity index is 1.52. The molecule has 1 heterocycles. The van der Waals surface area contributed by atoms with Crippen LogP contribution in [0.5, 0.6) is 0 Å². The molecule has 0 aliphatic rings. The highest BCUT2D eigenvalue weighted by Crippen LogP contribution is 2.17. The zero-order valence-electron chi connectivity index (χ0n) is 28.0. The highest BCUT2D eigenvalue weighted by Gasteiger charge is 2.25. The Labute approximate surface area is 289 Å². The lowest BCUT2D eigenvalue weighted by Gasteiger charge is -2.20. The highest BCUT2D eigenvalue weighted by molar-refractivity contribution is 5.89. The van der Waals surface area contributed by atoms with Gasteiger partial charge in [0.25, 0.3) is 0 Å². The molecule has 0 aliphatic heterocycles. The first kappa shape index (κ1) is 38.9. The summed E-state index contributed by atoms with van der Waals surface area (Å²) < 4.78 is 1.76. The van der Waals surface area contributed by atoms with Gasteiger partial charge < -0.3 is 36.6 Å². The van der Waals surface area contributed by atoms with E-state index in [1.54, 1.807) is 4.68 Å². The first-order valence-electron chi connectivity index (χ1n) is 16.6. The maximum absolute atomic E-state index is 13.3. The van der Waals surface area contributed by atoms with E-state index in [2.05, 4.69) is 31.6 Å². The molecular weight excluding hydrogens is 650 g/mol. The summed E-state index contributed by atoms with van der Waals surface area (Å²) in [5, 5.41) is 47.7. The topological polar surface area (TPSA) is 242 Å². The van der Waals surface area contributed by atoms with E-state index in [1.807, 2.05) is 55.6 Å². The van der Waals surface area contributed by atoms with Crippen LogP contribution in [0.3, 0.4) is 0 Å². The van der Waals surface area contributed by atoms with Crippen molar-refractivity contribution in [3.05, 3.63) is 59.9 Å². The molecule has 1 aromatic heterocycles. The maximum Gasteiger partial charge on any atom is 0.326 e. The third-order valence-electron chi connectivity index (χ3n) is 7.85. The Hall–Kier alpha value is -5.54. The minimum Gasteiger partial charge on any atom is -0.481 e. The van der Waals surface area contributed by atoms with Crippen LogP contribution >= 0.6 is 0 Å². The van der Waals surface area contributed by atoms with Gasteiger partial charge in [-0.25, -0.2) is 14.4 Å². The molecule has 3 unspecified atom stereocenters. The molecular formula is C34H45N7O9. The van der Waals surface area contributed by atoms with Gasteiger partial charge in [0.15, 0.2) is 0 Å². The second-order valence-electron chi connectivity index (χ2n) is 12.0. The molecule has 0 saturated carbocycles. The van der Waals surface area contributed by atoms with Crippen LogP contribution in [0.4, 0.5) is 4.79 Å². The first-order valence-corrected chi connectivity index (χ1v) is 16.6. The summed E-state index contributed by atoms with van der Waals surface area (Å²) in [7, 11) is 0. The lowest BCUT2D eigenvalue weighted by atomic mass is 10.0. The zero-order chi connectivity index (χ0) is 36.5. The predicted octanol–water partition coefficient (Wildman–Crippen LogP) is 2.25. The molecule has 2 aromatic carbocycles. The minimum atomic E-state index is -1.51. The summed E-state index contributed by atoms with van der Waals surface area (Å²) in [4.78, 5) is 72.3. The molecule has 270 valence electrons. The van der Waals surface area contributed by atoms with E-state index in [0.717, 1.165) is 35.0 Å². The zero-order valence-corrected chi connectivity index (χ0v) is 28.0.